The molecule has 7 nitrogen and oxygen atoms in total. The Morgan fingerprint density at radius 3 is 2.47 bits per heavy atom. The number of rotatable bonds is 7. The predicted octanol–water partition coefficient (Wildman–Crippen LogP) is 2.66. The van der Waals surface area contributed by atoms with Gasteiger partial charge >= 0.3 is 17.9 Å². The summed E-state index contributed by atoms with van der Waals surface area (Å²) >= 11 is 1.48. The van der Waals surface area contributed by atoms with Crippen LogP contribution in [-0.4, -0.2) is 43.8 Å². The average molecular weight is 432 g/mol. The predicted molar refractivity (Wildman–Crippen MR) is 111 cm³/mol. The van der Waals surface area contributed by atoms with E-state index in [-0.39, 0.29) is 6.42 Å². The Morgan fingerprint density at radius 2 is 1.87 bits per heavy atom. The van der Waals surface area contributed by atoms with Gasteiger partial charge in [0.2, 0.25) is 0 Å². The van der Waals surface area contributed by atoms with E-state index in [4.69, 9.17) is 9.47 Å². The highest BCUT2D eigenvalue weighted by molar-refractivity contribution is 7.10. The van der Waals surface area contributed by atoms with Crippen molar-refractivity contribution < 1.29 is 28.6 Å². The normalized spacial score (nSPS) is 24.1. The third kappa shape index (κ3) is 4.55. The topological polar surface area (TPSA) is 90.9 Å². The van der Waals surface area contributed by atoms with Crippen LogP contribution in [0.1, 0.15) is 29.8 Å². The van der Waals surface area contributed by atoms with Crippen molar-refractivity contribution in [2.45, 2.75) is 37.5 Å². The van der Waals surface area contributed by atoms with Crippen molar-refractivity contribution in [1.29, 1.82) is 0 Å². The minimum Gasteiger partial charge on any atom is -0.468 e. The minimum absolute atomic E-state index is 0.184. The Labute approximate surface area is 179 Å². The minimum atomic E-state index is -1.09. The second-order valence-electron chi connectivity index (χ2n) is 7.29. The highest BCUT2D eigenvalue weighted by atomic mass is 32.1. The second-order valence-corrected chi connectivity index (χ2v) is 8.27. The number of thiophene rings is 1. The third-order valence-corrected chi connectivity index (χ3v) is 6.26. The summed E-state index contributed by atoms with van der Waals surface area (Å²) in [7, 11) is 2.57. The van der Waals surface area contributed by atoms with Gasteiger partial charge in [-0.1, -0.05) is 36.4 Å². The summed E-state index contributed by atoms with van der Waals surface area (Å²) in [5, 5.41) is 5.28. The van der Waals surface area contributed by atoms with Crippen LogP contribution in [0.2, 0.25) is 0 Å². The molecule has 0 amide bonds. The maximum absolute atomic E-state index is 13.0. The first-order valence-corrected chi connectivity index (χ1v) is 10.5. The number of esters is 3. The number of methoxy groups -OCH3 is 2. The molecule has 2 heterocycles. The molecule has 30 heavy (non-hydrogen) atoms. The van der Waals surface area contributed by atoms with E-state index in [0.717, 1.165) is 10.4 Å². The number of nitrogens with one attached hydrogen (secondary N) is 1. The fraction of sp³-hybridized carbons (Fsp3) is 0.409. The summed E-state index contributed by atoms with van der Waals surface area (Å²) in [6, 6.07) is 12.9. The lowest BCUT2D eigenvalue weighted by Gasteiger charge is -2.27. The Hall–Kier alpha value is -2.71. The molecule has 1 saturated heterocycles. The SMILES string of the molecule is COC(=O)[C@H](C)OC(=O)[C@@H]1C[C@](Cc2ccccc2)(C(=O)OC)N[C@@H]1c1cccs1. The monoisotopic (exact) mass is 431 g/mol. The number of ether oxygens (including phenoxy) is 3. The van der Waals surface area contributed by atoms with Gasteiger partial charge in [0, 0.05) is 11.3 Å². The van der Waals surface area contributed by atoms with Gasteiger partial charge in [0.15, 0.2) is 6.10 Å². The molecule has 1 aromatic heterocycles. The molecule has 0 bridgehead atoms. The van der Waals surface area contributed by atoms with Crippen LogP contribution >= 0.6 is 11.3 Å². The molecule has 3 rings (SSSR count). The van der Waals surface area contributed by atoms with Gasteiger partial charge in [-0.3, -0.25) is 14.9 Å². The van der Waals surface area contributed by atoms with Crippen LogP contribution in [0.5, 0.6) is 0 Å². The zero-order valence-electron chi connectivity index (χ0n) is 17.1. The van der Waals surface area contributed by atoms with Crippen LogP contribution in [-0.2, 0) is 35.0 Å². The zero-order valence-corrected chi connectivity index (χ0v) is 17.9. The number of benzene rings is 1. The molecule has 1 aliphatic heterocycles. The lowest BCUT2D eigenvalue weighted by molar-refractivity contribution is -0.167. The van der Waals surface area contributed by atoms with Crippen molar-refractivity contribution >= 4 is 29.2 Å². The van der Waals surface area contributed by atoms with E-state index < -0.39 is 41.5 Å². The van der Waals surface area contributed by atoms with E-state index in [9.17, 15) is 14.4 Å². The first-order valence-electron chi connectivity index (χ1n) is 9.62. The van der Waals surface area contributed by atoms with E-state index in [0.29, 0.717) is 6.42 Å². The van der Waals surface area contributed by atoms with Gasteiger partial charge in [0.1, 0.15) is 5.54 Å². The maximum atomic E-state index is 13.0. The van der Waals surface area contributed by atoms with Gasteiger partial charge in [-0.15, -0.1) is 11.3 Å². The fourth-order valence-corrected chi connectivity index (χ4v) is 4.70. The quantitative estimate of drug-likeness (QED) is 0.532. The van der Waals surface area contributed by atoms with Crippen molar-refractivity contribution in [3.05, 3.63) is 58.3 Å². The molecule has 1 fully saturated rings. The van der Waals surface area contributed by atoms with Gasteiger partial charge in [-0.25, -0.2) is 4.79 Å². The molecule has 0 spiro atoms. The van der Waals surface area contributed by atoms with Crippen molar-refractivity contribution in [2.24, 2.45) is 5.92 Å². The summed E-state index contributed by atoms with van der Waals surface area (Å²) in [4.78, 5) is 38.5. The molecule has 0 unspecified atom stereocenters. The number of carbonyl (C=O) groups is 3. The Kier molecular flexibility index (Phi) is 6.89. The Balaban J connectivity index is 1.93. The van der Waals surface area contributed by atoms with Crippen molar-refractivity contribution in [3.8, 4) is 0 Å². The number of carbonyl (C=O) groups excluding carboxylic acids is 3. The summed E-state index contributed by atoms with van der Waals surface area (Å²) < 4.78 is 15.1. The molecule has 1 N–H and O–H groups in total. The molecular formula is C22H25NO6S. The first-order chi connectivity index (χ1) is 14.4. The molecule has 4 atom stereocenters. The average Bonchev–Trinajstić information content (AvgIpc) is 3.42. The largest absolute Gasteiger partial charge is 0.468 e. The maximum Gasteiger partial charge on any atom is 0.346 e. The van der Waals surface area contributed by atoms with Crippen LogP contribution in [0.3, 0.4) is 0 Å². The summed E-state index contributed by atoms with van der Waals surface area (Å²) in [5.74, 6) is -2.30. The molecule has 1 aliphatic rings. The van der Waals surface area contributed by atoms with E-state index >= 15 is 0 Å². The van der Waals surface area contributed by atoms with E-state index in [2.05, 4.69) is 10.1 Å². The first kappa shape index (κ1) is 22.0. The smallest absolute Gasteiger partial charge is 0.346 e. The van der Waals surface area contributed by atoms with E-state index in [1.807, 2.05) is 47.8 Å². The molecular weight excluding hydrogens is 406 g/mol. The van der Waals surface area contributed by atoms with Crippen LogP contribution in [0, 0.1) is 5.92 Å². The van der Waals surface area contributed by atoms with Gasteiger partial charge in [-0.05, 0) is 30.4 Å². The Bertz CT molecular complexity index is 884. The van der Waals surface area contributed by atoms with Gasteiger partial charge in [0.25, 0.3) is 0 Å². The van der Waals surface area contributed by atoms with Gasteiger partial charge < -0.3 is 14.2 Å². The second kappa shape index (κ2) is 9.40. The molecule has 1 aromatic carbocycles. The van der Waals surface area contributed by atoms with Crippen molar-refractivity contribution in [3.63, 3.8) is 0 Å². The van der Waals surface area contributed by atoms with Crippen LogP contribution < -0.4 is 5.32 Å². The fourth-order valence-electron chi connectivity index (χ4n) is 3.86. The standard InChI is InChI=1S/C22H25NO6S/c1-14(19(24)27-2)29-20(25)16-13-22(21(26)28-3,12-15-8-5-4-6-9-15)23-18(16)17-10-7-11-30-17/h4-11,14,16,18,23H,12-13H2,1-3H3/t14-,16+,18-,22+/m0/s1. The molecule has 0 aliphatic carbocycles. The molecule has 8 heteroatoms. The van der Waals surface area contributed by atoms with Crippen LogP contribution in [0.15, 0.2) is 47.8 Å². The summed E-state index contributed by atoms with van der Waals surface area (Å²) in [5.41, 5.74) is -0.152. The van der Waals surface area contributed by atoms with Crippen molar-refractivity contribution in [2.75, 3.05) is 14.2 Å². The molecule has 0 radical (unpaired) electrons. The summed E-state index contributed by atoms with van der Waals surface area (Å²) in [6.45, 7) is 1.46. The van der Waals surface area contributed by atoms with Crippen LogP contribution in [0.4, 0.5) is 0 Å². The highest BCUT2D eigenvalue weighted by Gasteiger charge is 2.54. The molecule has 0 saturated carbocycles. The summed E-state index contributed by atoms with van der Waals surface area (Å²) in [6.07, 6.45) is -0.489. The third-order valence-electron chi connectivity index (χ3n) is 5.31. The van der Waals surface area contributed by atoms with Crippen LogP contribution in [0.25, 0.3) is 0 Å². The van der Waals surface area contributed by atoms with Gasteiger partial charge in [-0.2, -0.15) is 0 Å². The number of hydrogen-bond donors (Lipinski definition) is 1. The zero-order chi connectivity index (χ0) is 21.7. The van der Waals surface area contributed by atoms with E-state index in [1.54, 1.807) is 0 Å². The number of hydrogen-bond acceptors (Lipinski definition) is 8. The highest BCUT2D eigenvalue weighted by Crippen LogP contribution is 2.42. The molecule has 2 aromatic rings. The van der Waals surface area contributed by atoms with Gasteiger partial charge in [0.05, 0.1) is 26.2 Å². The lowest BCUT2D eigenvalue weighted by atomic mass is 9.85. The lowest BCUT2D eigenvalue weighted by Crippen LogP contribution is -2.50. The van der Waals surface area contributed by atoms with Crippen molar-refractivity contribution in [1.82, 2.24) is 5.32 Å². The Morgan fingerprint density at radius 1 is 1.13 bits per heavy atom. The molecule has 160 valence electrons. The van der Waals surface area contributed by atoms with E-state index in [1.165, 1.54) is 32.5 Å².